The highest BCUT2D eigenvalue weighted by Crippen LogP contribution is 2.29. The molecule has 16 heavy (non-hydrogen) atoms. The summed E-state index contributed by atoms with van der Waals surface area (Å²) in [5.74, 6) is 0.911. The van der Waals surface area contributed by atoms with Gasteiger partial charge in [-0.1, -0.05) is 6.07 Å². The lowest BCUT2D eigenvalue weighted by Crippen LogP contribution is -1.91. The van der Waals surface area contributed by atoms with Gasteiger partial charge in [0.1, 0.15) is 0 Å². The zero-order valence-electron chi connectivity index (χ0n) is 9.36. The Morgan fingerprint density at radius 2 is 2.19 bits per heavy atom. The zero-order chi connectivity index (χ0) is 11.5. The molecule has 0 saturated heterocycles. The van der Waals surface area contributed by atoms with Crippen molar-refractivity contribution in [2.75, 3.05) is 5.73 Å². The van der Waals surface area contributed by atoms with Crippen molar-refractivity contribution in [3.8, 4) is 0 Å². The summed E-state index contributed by atoms with van der Waals surface area (Å²) in [6.45, 7) is 4.09. The first-order valence-corrected chi connectivity index (χ1v) is 6.92. The topological polar surface area (TPSA) is 38.9 Å². The highest BCUT2D eigenvalue weighted by Gasteiger charge is 2.04. The van der Waals surface area contributed by atoms with E-state index in [2.05, 4.69) is 23.4 Å². The third kappa shape index (κ3) is 2.57. The predicted molar refractivity (Wildman–Crippen MR) is 72.0 cm³/mol. The molecule has 4 heteroatoms. The fourth-order valence-corrected chi connectivity index (χ4v) is 3.09. The first-order chi connectivity index (χ1) is 7.66. The highest BCUT2D eigenvalue weighted by molar-refractivity contribution is 7.98. The molecule has 0 aliphatic heterocycles. The Kier molecular flexibility index (Phi) is 3.51. The van der Waals surface area contributed by atoms with Crippen LogP contribution in [0.2, 0.25) is 0 Å². The molecule has 1 heterocycles. The summed E-state index contributed by atoms with van der Waals surface area (Å²) in [6.07, 6.45) is 0. The molecular weight excluding hydrogens is 236 g/mol. The second-order valence-corrected chi connectivity index (χ2v) is 5.70. The number of nitrogens with two attached hydrogens (primary N) is 1. The number of nitrogens with zero attached hydrogens (tertiary/aromatic N) is 1. The molecule has 84 valence electrons. The largest absolute Gasteiger partial charge is 0.398 e. The second kappa shape index (κ2) is 4.89. The summed E-state index contributed by atoms with van der Waals surface area (Å²) in [7, 11) is 0. The van der Waals surface area contributed by atoms with E-state index < -0.39 is 0 Å². The lowest BCUT2D eigenvalue weighted by Gasteiger charge is -2.06. The summed E-state index contributed by atoms with van der Waals surface area (Å²) >= 11 is 3.49. The summed E-state index contributed by atoms with van der Waals surface area (Å²) in [5.41, 5.74) is 9.04. The number of rotatable bonds is 3. The van der Waals surface area contributed by atoms with E-state index in [0.717, 1.165) is 22.1 Å². The highest BCUT2D eigenvalue weighted by atomic mass is 32.2. The number of aromatic nitrogens is 1. The Morgan fingerprint density at radius 1 is 1.38 bits per heavy atom. The number of hydrogen-bond donors (Lipinski definition) is 1. The lowest BCUT2D eigenvalue weighted by atomic mass is 10.2. The SMILES string of the molecule is Cc1nc(CSc2cccc(N)c2C)cs1. The summed E-state index contributed by atoms with van der Waals surface area (Å²) in [5, 5.41) is 3.24. The Balaban J connectivity index is 2.07. The van der Waals surface area contributed by atoms with Crippen LogP contribution in [0, 0.1) is 13.8 Å². The third-order valence-electron chi connectivity index (χ3n) is 2.37. The van der Waals surface area contributed by atoms with Crippen molar-refractivity contribution in [1.29, 1.82) is 0 Å². The van der Waals surface area contributed by atoms with Crippen LogP contribution in [-0.2, 0) is 5.75 Å². The van der Waals surface area contributed by atoms with Crippen LogP contribution in [0.25, 0.3) is 0 Å². The zero-order valence-corrected chi connectivity index (χ0v) is 11.0. The number of hydrogen-bond acceptors (Lipinski definition) is 4. The molecule has 2 nitrogen and oxygen atoms in total. The van der Waals surface area contributed by atoms with Crippen LogP contribution in [0.3, 0.4) is 0 Å². The van der Waals surface area contributed by atoms with Crippen molar-refractivity contribution >= 4 is 28.8 Å². The molecule has 2 aromatic rings. The van der Waals surface area contributed by atoms with Crippen LogP contribution in [0.4, 0.5) is 5.69 Å². The molecule has 0 unspecified atom stereocenters. The molecule has 0 radical (unpaired) electrons. The van der Waals surface area contributed by atoms with Crippen molar-refractivity contribution in [2.45, 2.75) is 24.5 Å². The van der Waals surface area contributed by atoms with Gasteiger partial charge in [-0.2, -0.15) is 0 Å². The molecule has 2 rings (SSSR count). The first-order valence-electron chi connectivity index (χ1n) is 5.05. The fraction of sp³-hybridized carbons (Fsp3) is 0.250. The van der Waals surface area contributed by atoms with Gasteiger partial charge in [0.25, 0.3) is 0 Å². The van der Waals surface area contributed by atoms with E-state index in [-0.39, 0.29) is 0 Å². The standard InChI is InChI=1S/C12H14N2S2/c1-8-11(13)4-3-5-12(8)16-7-10-6-15-9(2)14-10/h3-6H,7,13H2,1-2H3. The molecule has 0 fully saturated rings. The third-order valence-corrected chi connectivity index (χ3v) is 4.38. The second-order valence-electron chi connectivity index (χ2n) is 3.62. The Labute approximate surface area is 104 Å². The minimum Gasteiger partial charge on any atom is -0.398 e. The van der Waals surface area contributed by atoms with Gasteiger partial charge in [-0.05, 0) is 31.5 Å². The normalized spacial score (nSPS) is 10.6. The van der Waals surface area contributed by atoms with Crippen LogP contribution in [0.5, 0.6) is 0 Å². The predicted octanol–water partition coefficient (Wildman–Crippen LogP) is 3.63. The van der Waals surface area contributed by atoms with E-state index in [1.807, 2.05) is 19.1 Å². The number of thiazole rings is 1. The van der Waals surface area contributed by atoms with Gasteiger partial charge in [0, 0.05) is 21.7 Å². The number of benzene rings is 1. The van der Waals surface area contributed by atoms with Gasteiger partial charge in [0.15, 0.2) is 0 Å². The van der Waals surface area contributed by atoms with Crippen LogP contribution >= 0.6 is 23.1 Å². The number of nitrogen functional groups attached to an aromatic ring is 1. The van der Waals surface area contributed by atoms with E-state index in [1.165, 1.54) is 10.5 Å². The average Bonchev–Trinajstić information content (AvgIpc) is 2.67. The summed E-state index contributed by atoms with van der Waals surface area (Å²) < 4.78 is 0. The Hall–Kier alpha value is -1.000. The molecule has 0 aliphatic carbocycles. The van der Waals surface area contributed by atoms with Crippen LogP contribution in [-0.4, -0.2) is 4.98 Å². The van der Waals surface area contributed by atoms with Gasteiger partial charge < -0.3 is 5.73 Å². The van der Waals surface area contributed by atoms with Gasteiger partial charge >= 0.3 is 0 Å². The quantitative estimate of drug-likeness (QED) is 0.668. The van der Waals surface area contributed by atoms with Crippen LogP contribution in [0.15, 0.2) is 28.5 Å². The maximum atomic E-state index is 5.87. The van der Waals surface area contributed by atoms with Gasteiger partial charge in [0.05, 0.1) is 10.7 Å². The van der Waals surface area contributed by atoms with E-state index >= 15 is 0 Å². The lowest BCUT2D eigenvalue weighted by molar-refractivity contribution is 1.17. The fourth-order valence-electron chi connectivity index (χ4n) is 1.41. The number of thioether (sulfide) groups is 1. The van der Waals surface area contributed by atoms with E-state index in [0.29, 0.717) is 0 Å². The maximum absolute atomic E-state index is 5.87. The van der Waals surface area contributed by atoms with Crippen molar-refractivity contribution in [3.63, 3.8) is 0 Å². The van der Waals surface area contributed by atoms with E-state index in [4.69, 9.17) is 5.73 Å². The Morgan fingerprint density at radius 3 is 2.88 bits per heavy atom. The van der Waals surface area contributed by atoms with Gasteiger partial charge in [-0.25, -0.2) is 4.98 Å². The average molecular weight is 250 g/mol. The minimum absolute atomic E-state index is 0.861. The minimum atomic E-state index is 0.861. The first kappa shape index (κ1) is 11.5. The van der Waals surface area contributed by atoms with Gasteiger partial charge in [0.2, 0.25) is 0 Å². The van der Waals surface area contributed by atoms with E-state index in [1.54, 1.807) is 23.1 Å². The molecule has 0 bridgehead atoms. The summed E-state index contributed by atoms with van der Waals surface area (Å²) in [4.78, 5) is 5.69. The van der Waals surface area contributed by atoms with Crippen LogP contribution < -0.4 is 5.73 Å². The molecule has 2 N–H and O–H groups in total. The number of aryl methyl sites for hydroxylation is 1. The smallest absolute Gasteiger partial charge is 0.0897 e. The van der Waals surface area contributed by atoms with Crippen LogP contribution in [0.1, 0.15) is 16.3 Å². The molecule has 0 saturated carbocycles. The molecule has 1 aromatic heterocycles. The van der Waals surface area contributed by atoms with Crippen molar-refractivity contribution in [2.24, 2.45) is 0 Å². The van der Waals surface area contributed by atoms with Crippen molar-refractivity contribution in [1.82, 2.24) is 4.98 Å². The van der Waals surface area contributed by atoms with Gasteiger partial charge in [-0.15, -0.1) is 23.1 Å². The van der Waals surface area contributed by atoms with Crippen molar-refractivity contribution < 1.29 is 0 Å². The molecule has 0 amide bonds. The monoisotopic (exact) mass is 250 g/mol. The van der Waals surface area contributed by atoms with Gasteiger partial charge in [-0.3, -0.25) is 0 Å². The molecule has 0 spiro atoms. The maximum Gasteiger partial charge on any atom is 0.0897 e. The summed E-state index contributed by atoms with van der Waals surface area (Å²) in [6, 6.07) is 6.04. The van der Waals surface area contributed by atoms with Crippen molar-refractivity contribution in [3.05, 3.63) is 39.8 Å². The number of anilines is 1. The molecule has 0 aliphatic rings. The van der Waals surface area contributed by atoms with E-state index in [9.17, 15) is 0 Å². The molecular formula is C12H14N2S2. The Bertz CT molecular complexity index is 492. The molecule has 0 atom stereocenters. The molecule has 1 aromatic carbocycles.